The summed E-state index contributed by atoms with van der Waals surface area (Å²) in [4.78, 5) is 15.7. The van der Waals surface area contributed by atoms with Crippen LogP contribution in [0, 0.1) is 12.7 Å². The molecule has 2 aromatic carbocycles. The lowest BCUT2D eigenvalue weighted by molar-refractivity contribution is 0.103. The fraction of sp³-hybridized carbons (Fsp3) is 0.0625. The third-order valence-electron chi connectivity index (χ3n) is 3.36. The standard InChI is InChI=1S/C16H13FN2O/c1-9-15(12-4-2-3-5-14(12)19-9)16(20)11-7-6-10(18)8-13(11)17/h2-8,19H,18H2,1H3. The number of nitrogens with one attached hydrogen (secondary N) is 1. The molecule has 0 bridgehead atoms. The molecule has 0 aliphatic rings. The van der Waals surface area contributed by atoms with Crippen molar-refractivity contribution in [3.8, 4) is 0 Å². The molecule has 3 aromatic rings. The van der Waals surface area contributed by atoms with Gasteiger partial charge in [-0.1, -0.05) is 18.2 Å². The Morgan fingerprint density at radius 1 is 1.20 bits per heavy atom. The van der Waals surface area contributed by atoms with Crippen molar-refractivity contribution >= 4 is 22.4 Å². The number of nitrogens with two attached hydrogens (primary N) is 1. The molecule has 100 valence electrons. The number of para-hydroxylation sites is 1. The Hall–Kier alpha value is -2.62. The van der Waals surface area contributed by atoms with Crippen molar-refractivity contribution in [2.24, 2.45) is 0 Å². The zero-order valence-electron chi connectivity index (χ0n) is 10.9. The summed E-state index contributed by atoms with van der Waals surface area (Å²) < 4.78 is 13.9. The van der Waals surface area contributed by atoms with Crippen LogP contribution in [0.25, 0.3) is 10.9 Å². The Morgan fingerprint density at radius 3 is 2.70 bits per heavy atom. The third kappa shape index (κ3) is 1.86. The monoisotopic (exact) mass is 268 g/mol. The van der Waals surface area contributed by atoms with Crippen LogP contribution in [0.5, 0.6) is 0 Å². The minimum Gasteiger partial charge on any atom is -0.399 e. The van der Waals surface area contributed by atoms with Crippen molar-refractivity contribution in [1.82, 2.24) is 4.98 Å². The number of aromatic amines is 1. The van der Waals surface area contributed by atoms with Crippen molar-refractivity contribution in [1.29, 1.82) is 0 Å². The van der Waals surface area contributed by atoms with E-state index in [9.17, 15) is 9.18 Å². The fourth-order valence-electron chi connectivity index (χ4n) is 2.42. The van der Waals surface area contributed by atoms with Crippen molar-refractivity contribution in [3.63, 3.8) is 0 Å². The summed E-state index contributed by atoms with van der Waals surface area (Å²) in [6.07, 6.45) is 0. The zero-order chi connectivity index (χ0) is 14.3. The molecule has 0 saturated carbocycles. The number of hydrogen-bond donors (Lipinski definition) is 2. The predicted octanol–water partition coefficient (Wildman–Crippen LogP) is 3.43. The van der Waals surface area contributed by atoms with Gasteiger partial charge in [0.1, 0.15) is 5.82 Å². The Bertz CT molecular complexity index is 820. The second-order valence-electron chi connectivity index (χ2n) is 4.74. The number of hydrogen-bond acceptors (Lipinski definition) is 2. The average Bonchev–Trinajstić information content (AvgIpc) is 2.73. The highest BCUT2D eigenvalue weighted by Crippen LogP contribution is 2.26. The summed E-state index contributed by atoms with van der Waals surface area (Å²) >= 11 is 0. The first-order valence-corrected chi connectivity index (χ1v) is 6.25. The maximum absolute atomic E-state index is 13.9. The molecule has 3 N–H and O–H groups in total. The highest BCUT2D eigenvalue weighted by Gasteiger charge is 2.20. The van der Waals surface area contributed by atoms with Gasteiger partial charge >= 0.3 is 0 Å². The number of carbonyl (C=O) groups excluding carboxylic acids is 1. The molecule has 1 heterocycles. The van der Waals surface area contributed by atoms with Gasteiger partial charge in [0, 0.05) is 22.3 Å². The van der Waals surface area contributed by atoms with Crippen LogP contribution in [0.15, 0.2) is 42.5 Å². The molecule has 0 radical (unpaired) electrons. The zero-order valence-corrected chi connectivity index (χ0v) is 10.9. The molecule has 0 fully saturated rings. The van der Waals surface area contributed by atoms with E-state index in [0.717, 1.165) is 22.7 Å². The molecule has 0 aliphatic heterocycles. The lowest BCUT2D eigenvalue weighted by atomic mass is 10.00. The van der Waals surface area contributed by atoms with Gasteiger partial charge < -0.3 is 10.7 Å². The minimum atomic E-state index is -0.598. The summed E-state index contributed by atoms with van der Waals surface area (Å²) in [5.41, 5.74) is 7.94. The highest BCUT2D eigenvalue weighted by molar-refractivity contribution is 6.17. The number of benzene rings is 2. The second-order valence-corrected chi connectivity index (χ2v) is 4.74. The fourth-order valence-corrected chi connectivity index (χ4v) is 2.42. The molecular weight excluding hydrogens is 255 g/mol. The summed E-state index contributed by atoms with van der Waals surface area (Å²) in [6, 6.07) is 11.6. The Balaban J connectivity index is 2.20. The number of aryl methyl sites for hydroxylation is 1. The van der Waals surface area contributed by atoms with Gasteiger partial charge in [-0.3, -0.25) is 4.79 Å². The smallest absolute Gasteiger partial charge is 0.198 e. The van der Waals surface area contributed by atoms with E-state index in [4.69, 9.17) is 5.73 Å². The summed E-state index contributed by atoms with van der Waals surface area (Å²) in [5, 5.41) is 0.797. The van der Waals surface area contributed by atoms with E-state index in [1.807, 2.05) is 31.2 Å². The largest absolute Gasteiger partial charge is 0.399 e. The van der Waals surface area contributed by atoms with Crippen molar-refractivity contribution in [2.45, 2.75) is 6.92 Å². The molecule has 0 atom stereocenters. The van der Waals surface area contributed by atoms with Gasteiger partial charge in [-0.25, -0.2) is 4.39 Å². The van der Waals surface area contributed by atoms with Crippen LogP contribution in [0.3, 0.4) is 0 Å². The first-order chi connectivity index (χ1) is 9.58. The first kappa shape index (κ1) is 12.4. The highest BCUT2D eigenvalue weighted by atomic mass is 19.1. The molecule has 4 heteroatoms. The number of carbonyl (C=O) groups is 1. The van der Waals surface area contributed by atoms with Gasteiger partial charge in [-0.05, 0) is 31.2 Å². The number of anilines is 1. The molecular formula is C16H13FN2O. The van der Waals surface area contributed by atoms with Gasteiger partial charge in [0.25, 0.3) is 0 Å². The Labute approximate surface area is 115 Å². The molecule has 0 amide bonds. The number of ketones is 1. The minimum absolute atomic E-state index is 0.0343. The van der Waals surface area contributed by atoms with Gasteiger partial charge in [-0.2, -0.15) is 0 Å². The van der Waals surface area contributed by atoms with E-state index in [1.54, 1.807) is 0 Å². The Kier molecular flexibility index (Phi) is 2.79. The Morgan fingerprint density at radius 2 is 1.95 bits per heavy atom. The maximum Gasteiger partial charge on any atom is 0.198 e. The van der Waals surface area contributed by atoms with Crippen LogP contribution < -0.4 is 5.73 Å². The number of rotatable bonds is 2. The summed E-state index contributed by atoms with van der Waals surface area (Å²) in [6.45, 7) is 1.81. The van der Waals surface area contributed by atoms with Crippen LogP contribution >= 0.6 is 0 Å². The van der Waals surface area contributed by atoms with Crippen LogP contribution in [-0.2, 0) is 0 Å². The third-order valence-corrected chi connectivity index (χ3v) is 3.36. The van der Waals surface area contributed by atoms with Gasteiger partial charge in [0.15, 0.2) is 5.78 Å². The van der Waals surface area contributed by atoms with Crippen molar-refractivity contribution in [2.75, 3.05) is 5.73 Å². The van der Waals surface area contributed by atoms with E-state index < -0.39 is 5.82 Å². The molecule has 20 heavy (non-hydrogen) atoms. The molecule has 3 nitrogen and oxygen atoms in total. The van der Waals surface area contributed by atoms with Crippen LogP contribution in [-0.4, -0.2) is 10.8 Å². The van der Waals surface area contributed by atoms with E-state index in [1.165, 1.54) is 12.1 Å². The number of H-pyrrole nitrogens is 1. The second kappa shape index (κ2) is 4.49. The van der Waals surface area contributed by atoms with Crippen LogP contribution in [0.1, 0.15) is 21.6 Å². The number of fused-ring (bicyclic) bond motifs is 1. The summed E-state index contributed by atoms with van der Waals surface area (Å²) in [5.74, 6) is -0.933. The SMILES string of the molecule is Cc1[nH]c2ccccc2c1C(=O)c1ccc(N)cc1F. The van der Waals surface area contributed by atoms with Gasteiger partial charge in [0.2, 0.25) is 0 Å². The number of aromatic nitrogens is 1. The van der Waals surface area contributed by atoms with E-state index in [0.29, 0.717) is 11.3 Å². The number of halogens is 1. The summed E-state index contributed by atoms with van der Waals surface area (Å²) in [7, 11) is 0. The lowest BCUT2D eigenvalue weighted by Gasteiger charge is -2.04. The molecule has 0 saturated heterocycles. The number of nitrogen functional groups attached to an aromatic ring is 1. The van der Waals surface area contributed by atoms with E-state index in [2.05, 4.69) is 4.98 Å². The van der Waals surface area contributed by atoms with Crippen molar-refractivity contribution < 1.29 is 9.18 Å². The quantitative estimate of drug-likeness (QED) is 0.552. The maximum atomic E-state index is 13.9. The molecule has 1 aromatic heterocycles. The lowest BCUT2D eigenvalue weighted by Crippen LogP contribution is -2.06. The van der Waals surface area contributed by atoms with Crippen LogP contribution in [0.4, 0.5) is 10.1 Å². The average molecular weight is 268 g/mol. The molecule has 3 rings (SSSR count). The molecule has 0 unspecified atom stereocenters. The molecule has 0 aliphatic carbocycles. The first-order valence-electron chi connectivity index (χ1n) is 6.25. The van der Waals surface area contributed by atoms with E-state index in [-0.39, 0.29) is 11.3 Å². The molecule has 0 spiro atoms. The van der Waals surface area contributed by atoms with Crippen molar-refractivity contribution in [3.05, 3.63) is 65.1 Å². The predicted molar refractivity (Wildman–Crippen MR) is 77.3 cm³/mol. The topological polar surface area (TPSA) is 58.9 Å². The normalized spacial score (nSPS) is 10.9. The van der Waals surface area contributed by atoms with Gasteiger partial charge in [0.05, 0.1) is 11.1 Å². The van der Waals surface area contributed by atoms with E-state index >= 15 is 0 Å². The van der Waals surface area contributed by atoms with Gasteiger partial charge in [-0.15, -0.1) is 0 Å². The van der Waals surface area contributed by atoms with Crippen LogP contribution in [0.2, 0.25) is 0 Å².